The Labute approximate surface area is 158 Å². The van der Waals surface area contributed by atoms with Crippen LogP contribution in [0.1, 0.15) is 18.1 Å². The smallest absolute Gasteiger partial charge is 0.237 e. The first-order valence-corrected chi connectivity index (χ1v) is 9.17. The van der Waals surface area contributed by atoms with Crippen molar-refractivity contribution in [2.45, 2.75) is 26.4 Å². The molecule has 1 atom stereocenters. The SMILES string of the molecule is Cc1ccc(CNC(=O)C(C)N(C)CCOc2ccc(Br)cc2)cc1. The lowest BCUT2D eigenvalue weighted by molar-refractivity contribution is -0.125. The number of ether oxygens (including phenoxy) is 1. The first-order valence-electron chi connectivity index (χ1n) is 8.37. The lowest BCUT2D eigenvalue weighted by Crippen LogP contribution is -2.44. The van der Waals surface area contributed by atoms with Crippen molar-refractivity contribution in [2.24, 2.45) is 0 Å². The Hall–Kier alpha value is -1.85. The van der Waals surface area contributed by atoms with Gasteiger partial charge < -0.3 is 10.1 Å². The number of likely N-dealkylation sites (N-methyl/N-ethyl adjacent to an activating group) is 1. The number of aryl methyl sites for hydroxylation is 1. The maximum Gasteiger partial charge on any atom is 0.237 e. The summed E-state index contributed by atoms with van der Waals surface area (Å²) in [5, 5.41) is 2.99. The van der Waals surface area contributed by atoms with Gasteiger partial charge in [-0.15, -0.1) is 0 Å². The number of nitrogens with one attached hydrogen (secondary N) is 1. The Morgan fingerprint density at radius 1 is 1.16 bits per heavy atom. The second kappa shape index (κ2) is 9.59. The van der Waals surface area contributed by atoms with E-state index in [0.29, 0.717) is 19.7 Å². The molecule has 2 aromatic carbocycles. The maximum atomic E-state index is 12.3. The summed E-state index contributed by atoms with van der Waals surface area (Å²) in [5.74, 6) is 0.847. The molecule has 2 aromatic rings. The Balaban J connectivity index is 1.72. The predicted octanol–water partition coefficient (Wildman–Crippen LogP) is 3.77. The molecule has 25 heavy (non-hydrogen) atoms. The van der Waals surface area contributed by atoms with Gasteiger partial charge in [-0.05, 0) is 50.7 Å². The summed E-state index contributed by atoms with van der Waals surface area (Å²) in [7, 11) is 1.93. The molecule has 1 amide bonds. The number of halogens is 1. The molecule has 0 aromatic heterocycles. The van der Waals surface area contributed by atoms with Gasteiger partial charge in [-0.25, -0.2) is 0 Å². The van der Waals surface area contributed by atoms with Crippen molar-refractivity contribution >= 4 is 21.8 Å². The van der Waals surface area contributed by atoms with Gasteiger partial charge in [-0.2, -0.15) is 0 Å². The van der Waals surface area contributed by atoms with E-state index < -0.39 is 0 Å². The van der Waals surface area contributed by atoms with Gasteiger partial charge in [0.15, 0.2) is 0 Å². The van der Waals surface area contributed by atoms with E-state index in [9.17, 15) is 4.79 Å². The molecule has 4 nitrogen and oxygen atoms in total. The standard InChI is InChI=1S/C20H25BrN2O2/c1-15-4-6-17(7-5-15)14-22-20(24)16(2)23(3)12-13-25-19-10-8-18(21)9-11-19/h4-11,16H,12-14H2,1-3H3,(H,22,24). The van der Waals surface area contributed by atoms with Crippen LogP contribution in [-0.2, 0) is 11.3 Å². The average Bonchev–Trinajstić information content (AvgIpc) is 2.62. The second-order valence-electron chi connectivity index (χ2n) is 6.16. The number of hydrogen-bond donors (Lipinski definition) is 1. The predicted molar refractivity (Wildman–Crippen MR) is 105 cm³/mol. The van der Waals surface area contributed by atoms with Crippen LogP contribution < -0.4 is 10.1 Å². The van der Waals surface area contributed by atoms with Gasteiger partial charge in [0.2, 0.25) is 5.91 Å². The van der Waals surface area contributed by atoms with Crippen molar-refractivity contribution in [2.75, 3.05) is 20.2 Å². The highest BCUT2D eigenvalue weighted by Crippen LogP contribution is 2.16. The minimum atomic E-state index is -0.209. The van der Waals surface area contributed by atoms with Crippen LogP contribution in [0.25, 0.3) is 0 Å². The molecule has 0 bridgehead atoms. The van der Waals surface area contributed by atoms with Crippen molar-refractivity contribution in [1.82, 2.24) is 10.2 Å². The van der Waals surface area contributed by atoms with Gasteiger partial charge in [0.1, 0.15) is 12.4 Å². The zero-order valence-electron chi connectivity index (χ0n) is 15.0. The fraction of sp³-hybridized carbons (Fsp3) is 0.350. The molecule has 0 spiro atoms. The molecule has 0 fully saturated rings. The summed E-state index contributed by atoms with van der Waals surface area (Å²) >= 11 is 3.40. The highest BCUT2D eigenvalue weighted by atomic mass is 79.9. The number of amides is 1. The molecule has 0 aliphatic rings. The molecule has 0 saturated heterocycles. The summed E-state index contributed by atoms with van der Waals surface area (Å²) in [6.45, 7) is 5.72. The third-order valence-electron chi connectivity index (χ3n) is 4.15. The van der Waals surface area contributed by atoms with E-state index in [1.807, 2.05) is 55.3 Å². The zero-order valence-corrected chi connectivity index (χ0v) is 16.5. The van der Waals surface area contributed by atoms with Gasteiger partial charge in [-0.1, -0.05) is 45.8 Å². The van der Waals surface area contributed by atoms with E-state index in [0.717, 1.165) is 15.8 Å². The maximum absolute atomic E-state index is 12.3. The highest BCUT2D eigenvalue weighted by Gasteiger charge is 2.17. The molecular weight excluding hydrogens is 380 g/mol. The summed E-state index contributed by atoms with van der Waals surface area (Å²) in [6.07, 6.45) is 0. The summed E-state index contributed by atoms with van der Waals surface area (Å²) in [4.78, 5) is 14.3. The highest BCUT2D eigenvalue weighted by molar-refractivity contribution is 9.10. The Morgan fingerprint density at radius 2 is 1.80 bits per heavy atom. The summed E-state index contributed by atoms with van der Waals surface area (Å²) in [5.41, 5.74) is 2.32. The number of nitrogens with zero attached hydrogens (tertiary/aromatic N) is 1. The molecule has 0 heterocycles. The fourth-order valence-electron chi connectivity index (χ4n) is 2.27. The Kier molecular flexibility index (Phi) is 7.47. The summed E-state index contributed by atoms with van der Waals surface area (Å²) < 4.78 is 6.73. The van der Waals surface area contributed by atoms with Gasteiger partial charge in [0.25, 0.3) is 0 Å². The number of carbonyl (C=O) groups excluding carboxylic acids is 1. The molecule has 0 radical (unpaired) electrons. The van der Waals surface area contributed by atoms with Crippen molar-refractivity contribution in [3.8, 4) is 5.75 Å². The Morgan fingerprint density at radius 3 is 2.44 bits per heavy atom. The number of rotatable bonds is 8. The van der Waals surface area contributed by atoms with Crippen LogP contribution in [0, 0.1) is 6.92 Å². The first-order chi connectivity index (χ1) is 12.0. The van der Waals surface area contributed by atoms with Crippen LogP contribution >= 0.6 is 15.9 Å². The monoisotopic (exact) mass is 404 g/mol. The van der Waals surface area contributed by atoms with E-state index in [2.05, 4.69) is 40.3 Å². The minimum Gasteiger partial charge on any atom is -0.492 e. The quantitative estimate of drug-likeness (QED) is 0.727. The van der Waals surface area contributed by atoms with Crippen molar-refractivity contribution in [1.29, 1.82) is 0 Å². The number of benzene rings is 2. The summed E-state index contributed by atoms with van der Waals surface area (Å²) in [6, 6.07) is 15.7. The van der Waals surface area contributed by atoms with Crippen LogP contribution in [0.15, 0.2) is 53.0 Å². The zero-order chi connectivity index (χ0) is 18.2. The third kappa shape index (κ3) is 6.52. The average molecular weight is 405 g/mol. The topological polar surface area (TPSA) is 41.6 Å². The Bertz CT molecular complexity index is 671. The third-order valence-corrected chi connectivity index (χ3v) is 4.68. The molecule has 134 valence electrons. The molecule has 1 unspecified atom stereocenters. The van der Waals surface area contributed by atoms with E-state index in [4.69, 9.17) is 4.74 Å². The second-order valence-corrected chi connectivity index (χ2v) is 7.08. The van der Waals surface area contributed by atoms with Crippen molar-refractivity contribution in [3.63, 3.8) is 0 Å². The molecule has 0 aliphatic heterocycles. The van der Waals surface area contributed by atoms with Gasteiger partial charge >= 0.3 is 0 Å². The molecular formula is C20H25BrN2O2. The normalized spacial score (nSPS) is 12.0. The largest absolute Gasteiger partial charge is 0.492 e. The number of carbonyl (C=O) groups is 1. The lowest BCUT2D eigenvalue weighted by atomic mass is 10.1. The minimum absolute atomic E-state index is 0.0201. The molecule has 1 N–H and O–H groups in total. The molecule has 2 rings (SSSR count). The van der Waals surface area contributed by atoms with E-state index in [-0.39, 0.29) is 11.9 Å². The lowest BCUT2D eigenvalue weighted by Gasteiger charge is -2.24. The van der Waals surface area contributed by atoms with Crippen LogP contribution in [-0.4, -0.2) is 37.0 Å². The van der Waals surface area contributed by atoms with E-state index in [1.54, 1.807) is 0 Å². The van der Waals surface area contributed by atoms with Crippen molar-refractivity contribution < 1.29 is 9.53 Å². The molecule has 0 saturated carbocycles. The first kappa shape index (κ1) is 19.5. The van der Waals surface area contributed by atoms with Gasteiger partial charge in [0.05, 0.1) is 6.04 Å². The van der Waals surface area contributed by atoms with E-state index in [1.165, 1.54) is 5.56 Å². The van der Waals surface area contributed by atoms with Crippen LogP contribution in [0.2, 0.25) is 0 Å². The van der Waals surface area contributed by atoms with Crippen LogP contribution in [0.5, 0.6) is 5.75 Å². The molecule has 5 heteroatoms. The van der Waals surface area contributed by atoms with Gasteiger partial charge in [-0.3, -0.25) is 9.69 Å². The van der Waals surface area contributed by atoms with E-state index >= 15 is 0 Å². The van der Waals surface area contributed by atoms with Gasteiger partial charge in [0, 0.05) is 17.6 Å². The van der Waals surface area contributed by atoms with Crippen LogP contribution in [0.3, 0.4) is 0 Å². The van der Waals surface area contributed by atoms with Crippen molar-refractivity contribution in [3.05, 3.63) is 64.1 Å². The number of hydrogen-bond acceptors (Lipinski definition) is 3. The van der Waals surface area contributed by atoms with Crippen LogP contribution in [0.4, 0.5) is 0 Å². The molecule has 0 aliphatic carbocycles. The fourth-order valence-corrected chi connectivity index (χ4v) is 2.54.